The first-order valence-corrected chi connectivity index (χ1v) is 7.07. The number of amides is 1. The van der Waals surface area contributed by atoms with Crippen LogP contribution in [0.5, 0.6) is 0 Å². The van der Waals surface area contributed by atoms with Gasteiger partial charge in [0, 0.05) is 19.4 Å². The fourth-order valence-electron chi connectivity index (χ4n) is 3.04. The molecule has 20 heavy (non-hydrogen) atoms. The summed E-state index contributed by atoms with van der Waals surface area (Å²) in [6.45, 7) is 0. The Balaban J connectivity index is 1.70. The molecule has 2 saturated carbocycles. The Morgan fingerprint density at radius 1 is 1.35 bits per heavy atom. The van der Waals surface area contributed by atoms with Gasteiger partial charge in [-0.15, -0.1) is 0 Å². The topological polar surface area (TPSA) is 57.6 Å². The molecular formula is C16H19NO3. The predicted octanol–water partition coefficient (Wildman–Crippen LogP) is 1.94. The van der Waals surface area contributed by atoms with Gasteiger partial charge in [0.15, 0.2) is 0 Å². The van der Waals surface area contributed by atoms with E-state index in [0.29, 0.717) is 6.42 Å². The van der Waals surface area contributed by atoms with Crippen molar-refractivity contribution in [3.63, 3.8) is 0 Å². The lowest BCUT2D eigenvalue weighted by molar-refractivity contribution is -0.149. The number of carbonyl (C=O) groups is 2. The first kappa shape index (κ1) is 13.2. The van der Waals surface area contributed by atoms with Crippen LogP contribution >= 0.6 is 0 Å². The summed E-state index contributed by atoms with van der Waals surface area (Å²) >= 11 is 0. The van der Waals surface area contributed by atoms with Crippen LogP contribution in [-0.2, 0) is 16.0 Å². The van der Waals surface area contributed by atoms with Gasteiger partial charge in [-0.1, -0.05) is 30.3 Å². The third kappa shape index (κ3) is 2.30. The monoisotopic (exact) mass is 273 g/mol. The van der Waals surface area contributed by atoms with E-state index in [0.717, 1.165) is 24.8 Å². The molecule has 0 heterocycles. The lowest BCUT2D eigenvalue weighted by Gasteiger charge is -2.25. The largest absolute Gasteiger partial charge is 0.480 e. The molecule has 1 amide bonds. The fraction of sp³-hybridized carbons (Fsp3) is 0.500. The van der Waals surface area contributed by atoms with Crippen LogP contribution in [0, 0.1) is 11.3 Å². The molecule has 2 fully saturated rings. The number of likely N-dealkylation sites (N-methyl/N-ethyl adjacent to an activating group) is 1. The highest BCUT2D eigenvalue weighted by molar-refractivity contribution is 5.88. The van der Waals surface area contributed by atoms with Crippen molar-refractivity contribution in [3.05, 3.63) is 35.9 Å². The van der Waals surface area contributed by atoms with Gasteiger partial charge in [-0.2, -0.15) is 0 Å². The van der Waals surface area contributed by atoms with Gasteiger partial charge in [0.2, 0.25) is 5.91 Å². The van der Waals surface area contributed by atoms with Crippen LogP contribution in [0.3, 0.4) is 0 Å². The lowest BCUT2D eigenvalue weighted by atomic mass is 10.0. The van der Waals surface area contributed by atoms with E-state index in [1.54, 1.807) is 7.05 Å². The summed E-state index contributed by atoms with van der Waals surface area (Å²) in [5.74, 6) is -0.855. The highest BCUT2D eigenvalue weighted by Gasteiger charge is 2.66. The van der Waals surface area contributed by atoms with Gasteiger partial charge in [0.25, 0.3) is 0 Å². The first-order valence-electron chi connectivity index (χ1n) is 7.07. The SMILES string of the molecule is CN(C(=O)C1CC12CC2)C(Cc1ccccc1)C(=O)O. The smallest absolute Gasteiger partial charge is 0.326 e. The Labute approximate surface area is 118 Å². The highest BCUT2D eigenvalue weighted by Crippen LogP contribution is 2.70. The van der Waals surface area contributed by atoms with E-state index in [4.69, 9.17) is 0 Å². The zero-order valence-electron chi connectivity index (χ0n) is 11.6. The van der Waals surface area contributed by atoms with Gasteiger partial charge < -0.3 is 10.0 Å². The molecule has 4 nitrogen and oxygen atoms in total. The minimum absolute atomic E-state index is 0.00540. The molecule has 2 aliphatic rings. The zero-order valence-corrected chi connectivity index (χ0v) is 11.6. The molecule has 1 aromatic carbocycles. The number of benzene rings is 1. The van der Waals surface area contributed by atoms with Gasteiger partial charge in [-0.05, 0) is 30.2 Å². The normalized spacial score (nSPS) is 23.1. The van der Waals surface area contributed by atoms with E-state index in [-0.39, 0.29) is 17.2 Å². The third-order valence-corrected chi connectivity index (χ3v) is 4.75. The number of carboxylic acid groups (broad SMARTS) is 1. The fourth-order valence-corrected chi connectivity index (χ4v) is 3.04. The molecule has 1 aromatic rings. The minimum Gasteiger partial charge on any atom is -0.480 e. The molecule has 3 rings (SSSR count). The Morgan fingerprint density at radius 3 is 2.50 bits per heavy atom. The second-order valence-corrected chi connectivity index (χ2v) is 6.11. The summed E-state index contributed by atoms with van der Waals surface area (Å²) in [7, 11) is 1.62. The number of rotatable bonds is 5. The van der Waals surface area contributed by atoms with Crippen LogP contribution in [0.1, 0.15) is 24.8 Å². The summed E-state index contributed by atoms with van der Waals surface area (Å²) in [4.78, 5) is 25.3. The van der Waals surface area contributed by atoms with Gasteiger partial charge in [0.1, 0.15) is 6.04 Å². The molecule has 0 saturated heterocycles. The van der Waals surface area contributed by atoms with Crippen molar-refractivity contribution >= 4 is 11.9 Å². The number of hydrogen-bond acceptors (Lipinski definition) is 2. The van der Waals surface area contributed by atoms with Crippen molar-refractivity contribution in [1.29, 1.82) is 0 Å². The molecule has 0 bridgehead atoms. The molecule has 106 valence electrons. The molecule has 2 unspecified atom stereocenters. The molecule has 4 heteroatoms. The van der Waals surface area contributed by atoms with Crippen LogP contribution in [0.15, 0.2) is 30.3 Å². The molecule has 0 radical (unpaired) electrons. The van der Waals surface area contributed by atoms with E-state index >= 15 is 0 Å². The predicted molar refractivity (Wildman–Crippen MR) is 74.1 cm³/mol. The van der Waals surface area contributed by atoms with Crippen molar-refractivity contribution in [2.75, 3.05) is 7.05 Å². The minimum atomic E-state index is -0.935. The zero-order chi connectivity index (χ0) is 14.3. The summed E-state index contributed by atoms with van der Waals surface area (Å²) in [6, 6.07) is 8.68. The summed E-state index contributed by atoms with van der Waals surface area (Å²) < 4.78 is 0. The molecular weight excluding hydrogens is 254 g/mol. The van der Waals surface area contributed by atoms with E-state index in [1.165, 1.54) is 4.90 Å². The molecule has 1 spiro atoms. The van der Waals surface area contributed by atoms with Gasteiger partial charge in [-0.3, -0.25) is 4.79 Å². The maximum atomic E-state index is 12.4. The van der Waals surface area contributed by atoms with Crippen molar-refractivity contribution in [2.24, 2.45) is 11.3 Å². The molecule has 2 atom stereocenters. The van der Waals surface area contributed by atoms with Gasteiger partial charge >= 0.3 is 5.97 Å². The van der Waals surface area contributed by atoms with E-state index in [9.17, 15) is 14.7 Å². The van der Waals surface area contributed by atoms with Crippen LogP contribution in [0.25, 0.3) is 0 Å². The average Bonchev–Trinajstić information content (AvgIpc) is 3.36. The van der Waals surface area contributed by atoms with Crippen LogP contribution in [0.2, 0.25) is 0 Å². The molecule has 0 aliphatic heterocycles. The number of aliphatic carboxylic acids is 1. The standard InChI is InChI=1S/C16H19NO3/c1-17(14(18)12-10-16(12)7-8-16)13(15(19)20)9-11-5-3-2-4-6-11/h2-6,12-13H,7-10H2,1H3,(H,19,20). The van der Waals surface area contributed by atoms with E-state index in [2.05, 4.69) is 0 Å². The number of hydrogen-bond donors (Lipinski definition) is 1. The second kappa shape index (κ2) is 4.62. The van der Waals surface area contributed by atoms with Crippen molar-refractivity contribution < 1.29 is 14.7 Å². The average molecular weight is 273 g/mol. The number of carbonyl (C=O) groups excluding carboxylic acids is 1. The van der Waals surface area contributed by atoms with Crippen molar-refractivity contribution in [3.8, 4) is 0 Å². The molecule has 2 aliphatic carbocycles. The summed E-state index contributed by atoms with van der Waals surface area (Å²) in [5, 5.41) is 9.41. The van der Waals surface area contributed by atoms with Crippen LogP contribution < -0.4 is 0 Å². The summed E-state index contributed by atoms with van der Waals surface area (Å²) in [5.41, 5.74) is 1.21. The summed E-state index contributed by atoms with van der Waals surface area (Å²) in [6.07, 6.45) is 3.58. The van der Waals surface area contributed by atoms with Gasteiger partial charge in [-0.25, -0.2) is 4.79 Å². The van der Waals surface area contributed by atoms with Crippen molar-refractivity contribution in [2.45, 2.75) is 31.7 Å². The second-order valence-electron chi connectivity index (χ2n) is 6.11. The van der Waals surface area contributed by atoms with E-state index in [1.807, 2.05) is 30.3 Å². The molecule has 1 N–H and O–H groups in total. The number of carboxylic acids is 1. The Kier molecular flexibility index (Phi) is 3.04. The van der Waals surface area contributed by atoms with Crippen LogP contribution in [0.4, 0.5) is 0 Å². The van der Waals surface area contributed by atoms with Crippen molar-refractivity contribution in [1.82, 2.24) is 4.90 Å². The Morgan fingerprint density at radius 2 is 2.00 bits per heavy atom. The number of nitrogens with zero attached hydrogens (tertiary/aromatic N) is 1. The maximum Gasteiger partial charge on any atom is 0.326 e. The Hall–Kier alpha value is -1.84. The van der Waals surface area contributed by atoms with Gasteiger partial charge in [0.05, 0.1) is 0 Å². The maximum absolute atomic E-state index is 12.4. The highest BCUT2D eigenvalue weighted by atomic mass is 16.4. The lowest BCUT2D eigenvalue weighted by Crippen LogP contribution is -2.44. The quantitative estimate of drug-likeness (QED) is 0.892. The van der Waals surface area contributed by atoms with E-state index < -0.39 is 12.0 Å². The third-order valence-electron chi connectivity index (χ3n) is 4.75. The Bertz CT molecular complexity index is 536. The van der Waals surface area contributed by atoms with Crippen LogP contribution in [-0.4, -0.2) is 35.0 Å². The molecule has 0 aromatic heterocycles. The first-order chi connectivity index (χ1) is 9.53.